The standard InChI is InChI=1S/3C7H6Br.Bi/c3*1-6-4-2-3-5-7(6)8;/h3*2-5H,1H2;. The second-order valence-electron chi connectivity index (χ2n) is 5.92. The number of halogens is 3. The van der Waals surface area contributed by atoms with Crippen molar-refractivity contribution in [2.75, 3.05) is 0 Å². The predicted octanol–water partition coefficient (Wildman–Crippen LogP) is 7.11. The van der Waals surface area contributed by atoms with E-state index in [4.69, 9.17) is 0 Å². The van der Waals surface area contributed by atoms with Crippen LogP contribution in [0.15, 0.2) is 86.2 Å². The van der Waals surface area contributed by atoms with Gasteiger partial charge in [-0.2, -0.15) is 0 Å². The van der Waals surface area contributed by atoms with Gasteiger partial charge >= 0.3 is 185 Å². The number of hydrogen-bond acceptors (Lipinski definition) is 0. The van der Waals surface area contributed by atoms with Gasteiger partial charge in [-0.25, -0.2) is 0 Å². The Hall–Kier alpha value is -0.0169. The Kier molecular flexibility index (Phi) is 7.72. The van der Waals surface area contributed by atoms with Gasteiger partial charge in [-0.05, 0) is 0 Å². The SMILES string of the molecule is Brc1ccccc1[CH2][Bi]([CH2]c1ccccc1Br)[CH2]c1ccccc1Br. The summed E-state index contributed by atoms with van der Waals surface area (Å²) in [7, 11) is 0. The summed E-state index contributed by atoms with van der Waals surface area (Å²) in [6, 6.07) is 26.0. The Morgan fingerprint density at radius 1 is 0.480 bits per heavy atom. The summed E-state index contributed by atoms with van der Waals surface area (Å²) >= 11 is 9.38. The zero-order chi connectivity index (χ0) is 17.6. The molecule has 0 aliphatic rings. The Balaban J connectivity index is 1.86. The molecule has 0 radical (unpaired) electrons. The van der Waals surface area contributed by atoms with Crippen molar-refractivity contribution in [2.45, 2.75) is 12.4 Å². The molecule has 3 aromatic rings. The third-order valence-electron chi connectivity index (χ3n) is 4.06. The monoisotopic (exact) mass is 716 g/mol. The molecule has 25 heavy (non-hydrogen) atoms. The molecule has 3 aromatic carbocycles. The summed E-state index contributed by atoms with van der Waals surface area (Å²) in [5.41, 5.74) is 4.37. The van der Waals surface area contributed by atoms with Crippen molar-refractivity contribution >= 4 is 69.5 Å². The molecule has 0 saturated carbocycles. The van der Waals surface area contributed by atoms with Gasteiger partial charge in [0.05, 0.1) is 0 Å². The van der Waals surface area contributed by atoms with E-state index in [1.54, 1.807) is 0 Å². The molecule has 0 heterocycles. The quantitative estimate of drug-likeness (QED) is 0.239. The Morgan fingerprint density at radius 3 is 1.04 bits per heavy atom. The van der Waals surface area contributed by atoms with E-state index in [2.05, 4.69) is 121 Å². The zero-order valence-corrected chi connectivity index (χ0v) is 21.9. The van der Waals surface area contributed by atoms with Gasteiger partial charge in [-0.3, -0.25) is 0 Å². The van der Waals surface area contributed by atoms with Crippen LogP contribution in [0.25, 0.3) is 0 Å². The molecule has 0 fully saturated rings. The van der Waals surface area contributed by atoms with E-state index in [0.29, 0.717) is 0 Å². The van der Waals surface area contributed by atoms with Crippen molar-refractivity contribution in [3.8, 4) is 0 Å². The molecule has 0 aliphatic carbocycles. The van der Waals surface area contributed by atoms with Gasteiger partial charge < -0.3 is 0 Å². The van der Waals surface area contributed by atoms with Crippen molar-refractivity contribution in [2.24, 2.45) is 0 Å². The minimum absolute atomic E-state index is 1.24. The first-order valence-corrected chi connectivity index (χ1v) is 17.8. The summed E-state index contributed by atoms with van der Waals surface area (Å²) in [6.07, 6.45) is 0. The fourth-order valence-corrected chi connectivity index (χ4v) is 16.8. The summed E-state index contributed by atoms with van der Waals surface area (Å²) < 4.78 is 7.48. The molecule has 0 N–H and O–H groups in total. The Bertz CT molecular complexity index is 735. The number of rotatable bonds is 6. The van der Waals surface area contributed by atoms with E-state index >= 15 is 0 Å². The average Bonchev–Trinajstić information content (AvgIpc) is 2.61. The van der Waals surface area contributed by atoms with Crippen molar-refractivity contribution in [1.82, 2.24) is 0 Å². The molecular formula is C21H18BiBr3. The van der Waals surface area contributed by atoms with Gasteiger partial charge in [0, 0.05) is 0 Å². The first kappa shape index (κ1) is 19.7. The zero-order valence-electron chi connectivity index (χ0n) is 13.6. The Labute approximate surface area is 183 Å². The van der Waals surface area contributed by atoms with Crippen LogP contribution in [-0.2, 0) is 12.4 Å². The van der Waals surface area contributed by atoms with Crippen LogP contribution in [0.1, 0.15) is 16.7 Å². The third kappa shape index (κ3) is 5.73. The Morgan fingerprint density at radius 2 is 0.760 bits per heavy atom. The summed E-state index contributed by atoms with van der Waals surface area (Å²) in [6.45, 7) is 0. The molecule has 3 rings (SSSR count). The molecule has 0 amide bonds. The van der Waals surface area contributed by atoms with Gasteiger partial charge in [0.15, 0.2) is 0 Å². The van der Waals surface area contributed by atoms with Gasteiger partial charge in [0.25, 0.3) is 0 Å². The second kappa shape index (κ2) is 9.78. The van der Waals surface area contributed by atoms with Gasteiger partial charge in [0.2, 0.25) is 0 Å². The van der Waals surface area contributed by atoms with Gasteiger partial charge in [0.1, 0.15) is 0 Å². The van der Waals surface area contributed by atoms with Gasteiger partial charge in [-0.15, -0.1) is 0 Å². The number of hydrogen-bond donors (Lipinski definition) is 0. The molecule has 128 valence electrons. The molecule has 4 heteroatoms. The molecule has 0 bridgehead atoms. The molecule has 0 aliphatic heterocycles. The van der Waals surface area contributed by atoms with E-state index < -0.39 is 21.8 Å². The summed E-state index contributed by atoms with van der Waals surface area (Å²) in [4.78, 5) is 0. The van der Waals surface area contributed by atoms with E-state index in [0.717, 1.165) is 0 Å². The first-order valence-electron chi connectivity index (χ1n) is 8.06. The molecule has 0 unspecified atom stereocenters. The average molecular weight is 719 g/mol. The molecule has 0 saturated heterocycles. The van der Waals surface area contributed by atoms with Crippen LogP contribution in [0.2, 0.25) is 0 Å². The van der Waals surface area contributed by atoms with Crippen molar-refractivity contribution in [1.29, 1.82) is 0 Å². The van der Waals surface area contributed by atoms with E-state index in [9.17, 15) is 0 Å². The first-order chi connectivity index (χ1) is 12.1. The summed E-state index contributed by atoms with van der Waals surface area (Å²) in [5, 5.41) is 0. The maximum absolute atomic E-state index is 3.74. The van der Waals surface area contributed by atoms with Crippen molar-refractivity contribution in [3.63, 3.8) is 0 Å². The van der Waals surface area contributed by atoms with Crippen LogP contribution in [-0.4, -0.2) is 21.8 Å². The van der Waals surface area contributed by atoms with E-state index in [1.165, 1.54) is 42.5 Å². The second-order valence-corrected chi connectivity index (χ2v) is 17.4. The maximum atomic E-state index is 3.74. The van der Waals surface area contributed by atoms with Crippen LogP contribution in [0, 0.1) is 0 Å². The third-order valence-corrected chi connectivity index (χ3v) is 15.6. The normalized spacial score (nSPS) is 11.0. The number of benzene rings is 3. The molecule has 0 nitrogen and oxygen atoms in total. The van der Waals surface area contributed by atoms with Crippen LogP contribution >= 0.6 is 47.8 Å². The van der Waals surface area contributed by atoms with Crippen molar-refractivity contribution < 1.29 is 0 Å². The minimum atomic E-state index is -1.84. The molecule has 0 atom stereocenters. The van der Waals surface area contributed by atoms with Crippen LogP contribution < -0.4 is 0 Å². The van der Waals surface area contributed by atoms with Crippen molar-refractivity contribution in [3.05, 3.63) is 103 Å². The van der Waals surface area contributed by atoms with Crippen LogP contribution in [0.4, 0.5) is 0 Å². The summed E-state index contributed by atoms with van der Waals surface area (Å²) in [5.74, 6) is 0. The molecular weight excluding hydrogens is 701 g/mol. The van der Waals surface area contributed by atoms with E-state index in [1.807, 2.05) is 0 Å². The predicted molar refractivity (Wildman–Crippen MR) is 119 cm³/mol. The molecule has 0 aromatic heterocycles. The van der Waals surface area contributed by atoms with Crippen LogP contribution in [0.5, 0.6) is 0 Å². The fraction of sp³-hybridized carbons (Fsp3) is 0.143. The fourth-order valence-electron chi connectivity index (χ4n) is 2.77. The molecule has 0 spiro atoms. The topological polar surface area (TPSA) is 0 Å². The van der Waals surface area contributed by atoms with E-state index in [-0.39, 0.29) is 0 Å². The van der Waals surface area contributed by atoms with Gasteiger partial charge in [-0.1, -0.05) is 0 Å². The van der Waals surface area contributed by atoms with Crippen LogP contribution in [0.3, 0.4) is 0 Å².